The molecule has 18 heavy (non-hydrogen) atoms. The van der Waals surface area contributed by atoms with Crippen molar-refractivity contribution in [2.45, 2.75) is 52.4 Å². The van der Waals surface area contributed by atoms with Crippen molar-refractivity contribution in [2.75, 3.05) is 19.0 Å². The third kappa shape index (κ3) is 11.9. The summed E-state index contributed by atoms with van der Waals surface area (Å²) in [4.78, 5) is 10.6. The smallest absolute Gasteiger partial charge is 0.234 e. The molecule has 0 aromatic carbocycles. The molecule has 0 saturated carbocycles. The van der Waals surface area contributed by atoms with Crippen molar-refractivity contribution < 1.29 is 17.9 Å². The van der Waals surface area contributed by atoms with Crippen LogP contribution in [0.4, 0.5) is 0 Å². The first kappa shape index (κ1) is 17.4. The van der Waals surface area contributed by atoms with Crippen LogP contribution >= 0.6 is 0 Å². The predicted molar refractivity (Wildman–Crippen MR) is 71.8 cm³/mol. The van der Waals surface area contributed by atoms with E-state index in [0.29, 0.717) is 6.42 Å². The average molecular weight is 279 g/mol. The van der Waals surface area contributed by atoms with Crippen molar-refractivity contribution in [3.8, 4) is 0 Å². The zero-order valence-corrected chi connectivity index (χ0v) is 12.2. The molecule has 1 N–H and O–H groups in total. The maximum absolute atomic E-state index is 11.3. The van der Waals surface area contributed by atoms with E-state index in [1.165, 1.54) is 6.92 Å². The summed E-state index contributed by atoms with van der Waals surface area (Å²) in [5.41, 5.74) is 0. The van der Waals surface area contributed by atoms with E-state index in [-0.39, 0.29) is 5.75 Å². The Labute approximate surface area is 110 Å². The van der Waals surface area contributed by atoms with Crippen LogP contribution in [0.5, 0.6) is 0 Å². The summed E-state index contributed by atoms with van der Waals surface area (Å²) in [5, 5.41) is 0. The third-order valence-corrected chi connectivity index (χ3v) is 3.88. The summed E-state index contributed by atoms with van der Waals surface area (Å²) in [6.45, 7) is 4.76. The van der Waals surface area contributed by atoms with Crippen LogP contribution in [0.2, 0.25) is 0 Å². The zero-order valence-electron chi connectivity index (χ0n) is 11.4. The average Bonchev–Trinajstić information content (AvgIpc) is 2.25. The molecule has 6 heteroatoms. The minimum absolute atomic E-state index is 0.0333. The number of ether oxygens (including phenoxy) is 1. The van der Waals surface area contributed by atoms with Crippen LogP contribution in [0.3, 0.4) is 0 Å². The number of nitrogens with one attached hydrogen (secondary N) is 1. The molecule has 0 aromatic rings. The lowest BCUT2D eigenvalue weighted by atomic mass is 10.1. The summed E-state index contributed by atoms with van der Waals surface area (Å²) in [7, 11) is -3.41. The number of unbranched alkanes of at least 4 members (excludes halogenated alkanes) is 5. The van der Waals surface area contributed by atoms with E-state index in [0.717, 1.165) is 45.3 Å². The minimum Gasteiger partial charge on any atom is -0.382 e. The molecule has 1 amide bonds. The first-order valence-corrected chi connectivity index (χ1v) is 8.22. The minimum atomic E-state index is -3.41. The normalized spacial score (nSPS) is 11.4. The third-order valence-electron chi connectivity index (χ3n) is 2.46. The van der Waals surface area contributed by atoms with Gasteiger partial charge in [-0.05, 0) is 19.8 Å². The topological polar surface area (TPSA) is 72.5 Å². The highest BCUT2D eigenvalue weighted by Gasteiger charge is 2.10. The first-order valence-electron chi connectivity index (χ1n) is 6.56. The fourth-order valence-corrected chi connectivity index (χ4v) is 2.74. The quantitative estimate of drug-likeness (QED) is 0.586. The Morgan fingerprint density at radius 1 is 1.06 bits per heavy atom. The van der Waals surface area contributed by atoms with Gasteiger partial charge in [-0.3, -0.25) is 9.52 Å². The van der Waals surface area contributed by atoms with Gasteiger partial charge in [0.25, 0.3) is 0 Å². The van der Waals surface area contributed by atoms with Crippen molar-refractivity contribution in [2.24, 2.45) is 0 Å². The molecule has 0 aliphatic rings. The van der Waals surface area contributed by atoms with Gasteiger partial charge in [0.05, 0.1) is 5.75 Å². The van der Waals surface area contributed by atoms with Crippen molar-refractivity contribution in [3.05, 3.63) is 0 Å². The van der Waals surface area contributed by atoms with Gasteiger partial charge in [0.2, 0.25) is 15.9 Å². The molecule has 5 nitrogen and oxygen atoms in total. The second-order valence-corrected chi connectivity index (χ2v) is 6.14. The van der Waals surface area contributed by atoms with Crippen LogP contribution in [0, 0.1) is 0 Å². The van der Waals surface area contributed by atoms with Gasteiger partial charge in [-0.1, -0.05) is 25.7 Å². The number of carbonyl (C=O) groups excluding carboxylic acids is 1. The summed E-state index contributed by atoms with van der Waals surface area (Å²) in [5.74, 6) is -0.489. The Bertz CT molecular complexity index is 314. The molecule has 0 aromatic heterocycles. The van der Waals surface area contributed by atoms with E-state index in [1.54, 1.807) is 0 Å². The number of carbonyl (C=O) groups is 1. The molecule has 0 saturated heterocycles. The molecule has 0 rings (SSSR count). The highest BCUT2D eigenvalue weighted by Crippen LogP contribution is 2.06. The Balaban J connectivity index is 3.37. The largest absolute Gasteiger partial charge is 0.382 e. The second kappa shape index (κ2) is 10.3. The lowest BCUT2D eigenvalue weighted by molar-refractivity contribution is -0.117. The maximum Gasteiger partial charge on any atom is 0.234 e. The Morgan fingerprint density at radius 2 is 1.61 bits per heavy atom. The molecular formula is C12H25NO4S. The predicted octanol–water partition coefficient (Wildman–Crippen LogP) is 1.83. The number of hydrogen-bond acceptors (Lipinski definition) is 4. The van der Waals surface area contributed by atoms with Crippen LogP contribution in [0.25, 0.3) is 0 Å². The van der Waals surface area contributed by atoms with Crippen LogP contribution in [0.1, 0.15) is 52.4 Å². The zero-order chi connectivity index (χ0) is 13.9. The maximum atomic E-state index is 11.3. The molecule has 0 radical (unpaired) electrons. The molecule has 0 heterocycles. The van der Waals surface area contributed by atoms with Gasteiger partial charge in [-0.2, -0.15) is 0 Å². The molecule has 0 unspecified atom stereocenters. The summed E-state index contributed by atoms with van der Waals surface area (Å²) >= 11 is 0. The Kier molecular flexibility index (Phi) is 9.96. The van der Waals surface area contributed by atoms with Crippen LogP contribution in [-0.4, -0.2) is 33.3 Å². The fourth-order valence-electron chi connectivity index (χ4n) is 1.62. The van der Waals surface area contributed by atoms with Crippen molar-refractivity contribution in [1.82, 2.24) is 4.72 Å². The van der Waals surface area contributed by atoms with E-state index < -0.39 is 15.9 Å². The van der Waals surface area contributed by atoms with E-state index >= 15 is 0 Å². The molecular weight excluding hydrogens is 254 g/mol. The molecule has 0 aliphatic carbocycles. The molecule has 0 aliphatic heterocycles. The van der Waals surface area contributed by atoms with Gasteiger partial charge in [-0.15, -0.1) is 0 Å². The number of sulfonamides is 1. The van der Waals surface area contributed by atoms with Crippen LogP contribution < -0.4 is 4.72 Å². The van der Waals surface area contributed by atoms with Gasteiger partial charge in [0.15, 0.2) is 0 Å². The van der Waals surface area contributed by atoms with Crippen LogP contribution in [0.15, 0.2) is 0 Å². The van der Waals surface area contributed by atoms with Crippen LogP contribution in [-0.2, 0) is 19.6 Å². The standard InChI is InChI=1S/C12H25NO4S/c1-3-17-10-8-6-4-5-7-9-11-18(15,16)13-12(2)14/h3-11H2,1-2H3,(H,13,14). The van der Waals surface area contributed by atoms with E-state index in [4.69, 9.17) is 4.74 Å². The highest BCUT2D eigenvalue weighted by molar-refractivity contribution is 7.90. The summed E-state index contributed by atoms with van der Waals surface area (Å²) in [6.07, 6.45) is 5.81. The van der Waals surface area contributed by atoms with Gasteiger partial charge in [-0.25, -0.2) is 8.42 Å². The lowest BCUT2D eigenvalue weighted by Gasteiger charge is -2.04. The Morgan fingerprint density at radius 3 is 2.17 bits per heavy atom. The van der Waals surface area contributed by atoms with E-state index in [9.17, 15) is 13.2 Å². The van der Waals surface area contributed by atoms with E-state index in [2.05, 4.69) is 0 Å². The number of rotatable bonds is 11. The van der Waals surface area contributed by atoms with Gasteiger partial charge >= 0.3 is 0 Å². The molecule has 0 spiro atoms. The molecule has 108 valence electrons. The second-order valence-electron chi connectivity index (χ2n) is 4.30. The summed E-state index contributed by atoms with van der Waals surface area (Å²) in [6, 6.07) is 0. The van der Waals surface area contributed by atoms with Gasteiger partial charge < -0.3 is 4.74 Å². The van der Waals surface area contributed by atoms with E-state index in [1.807, 2.05) is 11.6 Å². The molecule has 0 bridgehead atoms. The molecule has 0 atom stereocenters. The Hall–Kier alpha value is -0.620. The highest BCUT2D eigenvalue weighted by atomic mass is 32.2. The monoisotopic (exact) mass is 279 g/mol. The van der Waals surface area contributed by atoms with Gasteiger partial charge in [0.1, 0.15) is 0 Å². The number of hydrogen-bond donors (Lipinski definition) is 1. The SMILES string of the molecule is CCOCCCCCCCCS(=O)(=O)NC(C)=O. The first-order chi connectivity index (χ1) is 8.48. The van der Waals surface area contributed by atoms with Crippen molar-refractivity contribution >= 4 is 15.9 Å². The summed E-state index contributed by atoms with van der Waals surface area (Å²) < 4.78 is 29.8. The molecule has 0 fully saturated rings. The number of amides is 1. The van der Waals surface area contributed by atoms with Crippen molar-refractivity contribution in [3.63, 3.8) is 0 Å². The lowest BCUT2D eigenvalue weighted by Crippen LogP contribution is -2.30. The van der Waals surface area contributed by atoms with Gasteiger partial charge in [0, 0.05) is 20.1 Å². The van der Waals surface area contributed by atoms with Crippen molar-refractivity contribution in [1.29, 1.82) is 0 Å². The fraction of sp³-hybridized carbons (Fsp3) is 0.917.